The van der Waals surface area contributed by atoms with Crippen LogP contribution in [0.1, 0.15) is 13.8 Å². The molecule has 0 nitrogen and oxygen atoms in total. The highest BCUT2D eigenvalue weighted by Gasteiger charge is 2.14. The van der Waals surface area contributed by atoms with Gasteiger partial charge < -0.3 is 0 Å². The molecule has 0 saturated carbocycles. The van der Waals surface area contributed by atoms with Gasteiger partial charge in [0.2, 0.25) is 0 Å². The van der Waals surface area contributed by atoms with Crippen molar-refractivity contribution in [3.8, 4) is 0 Å². The van der Waals surface area contributed by atoms with Crippen molar-refractivity contribution in [3.63, 3.8) is 0 Å². The van der Waals surface area contributed by atoms with E-state index in [1.807, 2.05) is 0 Å². The lowest BCUT2D eigenvalue weighted by Crippen LogP contribution is -2.02. The number of allylic oxidation sites excluding steroid dienone is 2. The van der Waals surface area contributed by atoms with Gasteiger partial charge >= 0.3 is 0 Å². The third-order valence-corrected chi connectivity index (χ3v) is 1.28. The van der Waals surface area contributed by atoms with Crippen LogP contribution in [-0.2, 0) is 0 Å². The average Bonchev–Trinajstić information content (AvgIpc) is 1.84. The molecule has 4 heteroatoms. The van der Waals surface area contributed by atoms with Crippen LogP contribution in [0.2, 0.25) is 0 Å². The first-order chi connectivity index (χ1) is 4.46. The monoisotopic (exact) mass is 156 g/mol. The van der Waals surface area contributed by atoms with Gasteiger partial charge in [-0.1, -0.05) is 0 Å². The Morgan fingerprint density at radius 3 is 1.10 bits per heavy atom. The minimum atomic E-state index is -2.77. The van der Waals surface area contributed by atoms with Crippen LogP contribution < -0.4 is 0 Å². The van der Waals surface area contributed by atoms with Gasteiger partial charge in [-0.05, 0) is 25.0 Å². The van der Waals surface area contributed by atoms with E-state index < -0.39 is 24.0 Å². The normalized spacial score (nSPS) is 14.4. The zero-order valence-corrected chi connectivity index (χ0v) is 5.67. The van der Waals surface area contributed by atoms with Crippen LogP contribution in [0, 0.1) is 0 Å². The predicted octanol–water partition coefficient (Wildman–Crippen LogP) is 2.85. The molecule has 0 aromatic carbocycles. The van der Waals surface area contributed by atoms with Crippen LogP contribution in [0.5, 0.6) is 0 Å². The molecule has 0 spiro atoms. The van der Waals surface area contributed by atoms with Gasteiger partial charge in [0.25, 0.3) is 12.9 Å². The number of hydrogen-bond acceptors (Lipinski definition) is 0. The van der Waals surface area contributed by atoms with Crippen LogP contribution in [0.25, 0.3) is 0 Å². The van der Waals surface area contributed by atoms with Crippen LogP contribution in [-0.4, -0.2) is 12.9 Å². The van der Waals surface area contributed by atoms with Gasteiger partial charge in [0, 0.05) is 0 Å². The molecule has 0 amide bonds. The summed E-state index contributed by atoms with van der Waals surface area (Å²) < 4.78 is 46.6. The first kappa shape index (κ1) is 9.46. The highest BCUT2D eigenvalue weighted by Crippen LogP contribution is 2.17. The van der Waals surface area contributed by atoms with E-state index in [0.717, 1.165) is 13.8 Å². The summed E-state index contributed by atoms with van der Waals surface area (Å²) in [6, 6.07) is 0. The van der Waals surface area contributed by atoms with Gasteiger partial charge in [-0.3, -0.25) is 0 Å². The fourth-order valence-electron chi connectivity index (χ4n) is 0.344. The first-order valence-electron chi connectivity index (χ1n) is 2.70. The van der Waals surface area contributed by atoms with Gasteiger partial charge in [0.1, 0.15) is 0 Å². The van der Waals surface area contributed by atoms with Crippen LogP contribution in [0.3, 0.4) is 0 Å². The second-order valence-corrected chi connectivity index (χ2v) is 1.97. The van der Waals surface area contributed by atoms with E-state index in [4.69, 9.17) is 0 Å². The topological polar surface area (TPSA) is 0 Å². The Balaban J connectivity index is 4.34. The SMILES string of the molecule is C/C(=C(\C)C(F)F)C(F)F. The van der Waals surface area contributed by atoms with E-state index in [1.165, 1.54) is 0 Å². The van der Waals surface area contributed by atoms with E-state index in [9.17, 15) is 17.6 Å². The van der Waals surface area contributed by atoms with Crippen molar-refractivity contribution in [1.82, 2.24) is 0 Å². The first-order valence-corrected chi connectivity index (χ1v) is 2.70. The Labute approximate surface area is 56.5 Å². The van der Waals surface area contributed by atoms with E-state index in [2.05, 4.69) is 0 Å². The van der Waals surface area contributed by atoms with E-state index in [1.54, 1.807) is 0 Å². The fourth-order valence-corrected chi connectivity index (χ4v) is 0.344. The Hall–Kier alpha value is -0.540. The highest BCUT2D eigenvalue weighted by atomic mass is 19.3. The molecule has 0 aromatic rings. The molecule has 0 heterocycles. The summed E-state index contributed by atoms with van der Waals surface area (Å²) in [6.07, 6.45) is -5.54. The maximum absolute atomic E-state index is 11.6. The quantitative estimate of drug-likeness (QED) is 0.426. The van der Waals surface area contributed by atoms with Crippen LogP contribution >= 0.6 is 0 Å². The largest absolute Gasteiger partial charge is 0.260 e. The van der Waals surface area contributed by atoms with Crippen molar-refractivity contribution in [2.24, 2.45) is 0 Å². The number of alkyl halides is 4. The molecule has 0 fully saturated rings. The zero-order valence-electron chi connectivity index (χ0n) is 5.67. The second-order valence-electron chi connectivity index (χ2n) is 1.97. The molecule has 0 aliphatic heterocycles. The van der Waals surface area contributed by atoms with Gasteiger partial charge in [-0.2, -0.15) is 0 Å². The number of rotatable bonds is 2. The molecule has 0 radical (unpaired) electrons. The van der Waals surface area contributed by atoms with Gasteiger partial charge in [0.15, 0.2) is 0 Å². The van der Waals surface area contributed by atoms with Crippen molar-refractivity contribution in [2.75, 3.05) is 0 Å². The van der Waals surface area contributed by atoms with Crippen molar-refractivity contribution in [2.45, 2.75) is 26.7 Å². The zero-order chi connectivity index (χ0) is 8.31. The number of halogens is 4. The Kier molecular flexibility index (Phi) is 3.39. The molecule has 0 rings (SSSR count). The fraction of sp³-hybridized carbons (Fsp3) is 0.667. The molecule has 0 bridgehead atoms. The van der Waals surface area contributed by atoms with Crippen LogP contribution in [0.4, 0.5) is 17.6 Å². The summed E-state index contributed by atoms with van der Waals surface area (Å²) in [5, 5.41) is 0. The van der Waals surface area contributed by atoms with E-state index >= 15 is 0 Å². The van der Waals surface area contributed by atoms with Gasteiger partial charge in [-0.25, -0.2) is 17.6 Å². The summed E-state index contributed by atoms with van der Waals surface area (Å²) in [5.41, 5.74) is -1.06. The second kappa shape index (κ2) is 3.58. The van der Waals surface area contributed by atoms with E-state index in [-0.39, 0.29) is 0 Å². The van der Waals surface area contributed by atoms with Crippen molar-refractivity contribution in [1.29, 1.82) is 0 Å². The minimum absolute atomic E-state index is 0.532. The highest BCUT2D eigenvalue weighted by molar-refractivity contribution is 5.13. The summed E-state index contributed by atoms with van der Waals surface area (Å²) in [4.78, 5) is 0. The molecule has 0 aliphatic carbocycles. The molecule has 10 heavy (non-hydrogen) atoms. The Morgan fingerprint density at radius 1 is 0.800 bits per heavy atom. The summed E-state index contributed by atoms with van der Waals surface area (Å²) in [5.74, 6) is 0. The third kappa shape index (κ3) is 2.37. The van der Waals surface area contributed by atoms with Gasteiger partial charge in [0.05, 0.1) is 0 Å². The Morgan fingerprint density at radius 2 is 1.00 bits per heavy atom. The molecule has 60 valence electrons. The predicted molar refractivity (Wildman–Crippen MR) is 30.4 cm³/mol. The van der Waals surface area contributed by atoms with Crippen molar-refractivity contribution >= 4 is 0 Å². The molecule has 0 atom stereocenters. The minimum Gasteiger partial charge on any atom is -0.205 e. The van der Waals surface area contributed by atoms with Crippen molar-refractivity contribution in [3.05, 3.63) is 11.1 Å². The maximum atomic E-state index is 11.6. The van der Waals surface area contributed by atoms with E-state index in [0.29, 0.717) is 0 Å². The third-order valence-electron chi connectivity index (χ3n) is 1.28. The van der Waals surface area contributed by atoms with Gasteiger partial charge in [-0.15, -0.1) is 0 Å². The summed E-state index contributed by atoms with van der Waals surface area (Å²) >= 11 is 0. The average molecular weight is 156 g/mol. The maximum Gasteiger partial charge on any atom is 0.260 e. The number of hydrogen-bond donors (Lipinski definition) is 0. The molecule has 0 N–H and O–H groups in total. The molecule has 0 aromatic heterocycles. The smallest absolute Gasteiger partial charge is 0.205 e. The Bertz CT molecular complexity index is 121. The lowest BCUT2D eigenvalue weighted by molar-refractivity contribution is 0.164. The molecular weight excluding hydrogens is 148 g/mol. The molecule has 0 unspecified atom stereocenters. The summed E-state index contributed by atoms with van der Waals surface area (Å²) in [7, 11) is 0. The summed E-state index contributed by atoms with van der Waals surface area (Å²) in [6.45, 7) is 2.01. The lowest BCUT2D eigenvalue weighted by Gasteiger charge is -2.04. The standard InChI is InChI=1S/C6H8F4/c1-3(5(7)8)4(2)6(9)10/h5-6H,1-2H3/b4-3-. The van der Waals surface area contributed by atoms with Crippen molar-refractivity contribution < 1.29 is 17.6 Å². The molecule has 0 saturated heterocycles. The lowest BCUT2D eigenvalue weighted by atomic mass is 10.2. The van der Waals surface area contributed by atoms with Crippen LogP contribution in [0.15, 0.2) is 11.1 Å². The molecular formula is C6H8F4. The molecule has 0 aliphatic rings.